The molecule has 0 rings (SSSR count). The molecule has 0 aliphatic carbocycles. The summed E-state index contributed by atoms with van der Waals surface area (Å²) in [6.45, 7) is 9.65. The van der Waals surface area contributed by atoms with Gasteiger partial charge in [0.2, 0.25) is 0 Å². The largest absolute Gasteiger partial charge is 0.463 e. The van der Waals surface area contributed by atoms with Crippen molar-refractivity contribution < 1.29 is 48.3 Å². The van der Waals surface area contributed by atoms with Crippen molar-refractivity contribution in [2.24, 2.45) is 0 Å². The Hall–Kier alpha value is -2.20. The Morgan fingerprint density at radius 2 is 0.944 bits per heavy atom. The fraction of sp³-hybridized carbons (Fsp3) is 0.846. The summed E-state index contributed by atoms with van der Waals surface area (Å²) in [6.07, 6.45) is -0.282. The minimum atomic E-state index is -0.634. The molecule has 0 spiro atoms. The predicted molar refractivity (Wildman–Crippen MR) is 132 cm³/mol. The van der Waals surface area contributed by atoms with Gasteiger partial charge < -0.3 is 29.2 Å². The van der Waals surface area contributed by atoms with Crippen LogP contribution in [0.15, 0.2) is 0 Å². The smallest absolute Gasteiger partial charge is 0.306 e. The van der Waals surface area contributed by atoms with Crippen LogP contribution in [0, 0.1) is 0 Å². The van der Waals surface area contributed by atoms with Gasteiger partial charge in [-0.3, -0.25) is 19.2 Å². The van der Waals surface area contributed by atoms with Gasteiger partial charge in [-0.2, -0.15) is 0 Å². The first-order valence-corrected chi connectivity index (χ1v) is 13.0. The first kappa shape index (κ1) is 33.8. The fourth-order valence-corrected chi connectivity index (χ4v) is 3.76. The van der Waals surface area contributed by atoms with Crippen LogP contribution in [0.2, 0.25) is 0 Å². The summed E-state index contributed by atoms with van der Waals surface area (Å²) >= 11 is 0. The average Bonchev–Trinajstić information content (AvgIpc) is 2.74. The third-order valence-corrected chi connectivity index (χ3v) is 5.54. The molecule has 0 amide bonds. The highest BCUT2D eigenvalue weighted by molar-refractivity contribution is 5.71. The second-order valence-electron chi connectivity index (χ2n) is 9.34. The van der Waals surface area contributed by atoms with Crippen LogP contribution in [-0.2, 0) is 38.1 Å². The van der Waals surface area contributed by atoms with Crippen molar-refractivity contribution in [3.63, 3.8) is 0 Å². The lowest BCUT2D eigenvalue weighted by molar-refractivity contribution is -0.158. The second kappa shape index (κ2) is 19.0. The molecule has 0 aromatic carbocycles. The van der Waals surface area contributed by atoms with Gasteiger partial charge in [-0.1, -0.05) is 13.8 Å². The Kier molecular flexibility index (Phi) is 17.8. The number of hydrogen-bond acceptors (Lipinski definition) is 10. The molecule has 210 valence electrons. The molecule has 0 aromatic rings. The zero-order valence-electron chi connectivity index (χ0n) is 22.7. The van der Waals surface area contributed by atoms with Gasteiger partial charge in [0, 0.05) is 52.4 Å². The molecule has 0 saturated carbocycles. The molecule has 2 N–H and O–H groups in total. The average molecular weight is 519 g/mol. The first-order valence-electron chi connectivity index (χ1n) is 13.0. The van der Waals surface area contributed by atoms with E-state index in [-0.39, 0.29) is 38.5 Å². The number of aliphatic hydroxyl groups excluding tert-OH is 2. The molecule has 0 bridgehead atoms. The van der Waals surface area contributed by atoms with Crippen LogP contribution in [0.4, 0.5) is 0 Å². The van der Waals surface area contributed by atoms with E-state index in [0.717, 1.165) is 0 Å². The maximum Gasteiger partial charge on any atom is 0.306 e. The Balaban J connectivity index is 4.61. The van der Waals surface area contributed by atoms with E-state index in [4.69, 9.17) is 18.9 Å². The Bertz CT molecular complexity index is 609. The molecular weight excluding hydrogens is 472 g/mol. The molecule has 6 atom stereocenters. The van der Waals surface area contributed by atoms with E-state index in [1.165, 1.54) is 13.8 Å². The van der Waals surface area contributed by atoms with Crippen molar-refractivity contribution in [2.45, 2.75) is 142 Å². The molecule has 10 nitrogen and oxygen atoms in total. The summed E-state index contributed by atoms with van der Waals surface area (Å²) in [6, 6.07) is 0. The number of carbonyl (C=O) groups excluding carboxylic acids is 4. The first-order chi connectivity index (χ1) is 16.9. The lowest BCUT2D eigenvalue weighted by Gasteiger charge is -2.23. The van der Waals surface area contributed by atoms with Crippen LogP contribution in [0.1, 0.15) is 106 Å². The molecule has 36 heavy (non-hydrogen) atoms. The van der Waals surface area contributed by atoms with Gasteiger partial charge >= 0.3 is 23.9 Å². The van der Waals surface area contributed by atoms with E-state index in [9.17, 15) is 29.4 Å². The van der Waals surface area contributed by atoms with E-state index < -0.39 is 60.5 Å². The van der Waals surface area contributed by atoms with Gasteiger partial charge in [0.25, 0.3) is 0 Å². The van der Waals surface area contributed by atoms with E-state index in [1.54, 1.807) is 13.8 Å². The van der Waals surface area contributed by atoms with E-state index >= 15 is 0 Å². The van der Waals surface area contributed by atoms with Gasteiger partial charge in [0.15, 0.2) is 0 Å². The lowest BCUT2D eigenvalue weighted by Crippen LogP contribution is -2.29. The van der Waals surface area contributed by atoms with E-state index in [0.29, 0.717) is 25.7 Å². The summed E-state index contributed by atoms with van der Waals surface area (Å²) in [5, 5.41) is 19.9. The molecule has 0 fully saturated rings. The van der Waals surface area contributed by atoms with Crippen LogP contribution < -0.4 is 0 Å². The summed E-state index contributed by atoms with van der Waals surface area (Å²) in [4.78, 5) is 46.9. The number of ether oxygens (including phenoxy) is 4. The van der Waals surface area contributed by atoms with Crippen molar-refractivity contribution in [1.29, 1.82) is 0 Å². The Labute approximate surface area is 215 Å². The highest BCUT2D eigenvalue weighted by atomic mass is 16.6. The molecule has 0 aliphatic rings. The number of rotatable bonds is 19. The van der Waals surface area contributed by atoms with E-state index in [2.05, 4.69) is 0 Å². The summed E-state index contributed by atoms with van der Waals surface area (Å²) in [5.74, 6) is -1.76. The van der Waals surface area contributed by atoms with Gasteiger partial charge in [-0.15, -0.1) is 0 Å². The minimum absolute atomic E-state index is 0.0927. The number of aliphatic hydroxyl groups is 2. The van der Waals surface area contributed by atoms with E-state index in [1.807, 2.05) is 13.8 Å². The normalized spacial score (nSPS) is 16.1. The number of esters is 4. The summed E-state index contributed by atoms with van der Waals surface area (Å²) < 4.78 is 21.2. The topological polar surface area (TPSA) is 146 Å². The van der Waals surface area contributed by atoms with Crippen LogP contribution in [0.5, 0.6) is 0 Å². The van der Waals surface area contributed by atoms with Crippen LogP contribution in [-0.4, -0.2) is 70.7 Å². The zero-order chi connectivity index (χ0) is 27.7. The standard InChI is InChI=1S/C26H46O10/c1-7-21(29)15-23(13-17(3)33-19(5)27)35-25(31)11-9-10-12-26(32)36-24(16-22(30)8-2)14-18(4)34-20(6)28/h17-18,21-24,29-30H,7-16H2,1-6H3. The van der Waals surface area contributed by atoms with Gasteiger partial charge in [-0.05, 0) is 39.5 Å². The summed E-state index contributed by atoms with van der Waals surface area (Å²) in [7, 11) is 0. The third kappa shape index (κ3) is 18.1. The second-order valence-corrected chi connectivity index (χ2v) is 9.34. The van der Waals surface area contributed by atoms with Gasteiger partial charge in [0.05, 0.1) is 12.2 Å². The van der Waals surface area contributed by atoms with Crippen LogP contribution in [0.3, 0.4) is 0 Å². The molecule has 0 heterocycles. The molecule has 0 aromatic heterocycles. The molecular formula is C26H46O10. The maximum absolute atomic E-state index is 12.3. The molecule has 0 saturated heterocycles. The Morgan fingerprint density at radius 1 is 0.611 bits per heavy atom. The van der Waals surface area contributed by atoms with Crippen molar-refractivity contribution in [3.05, 3.63) is 0 Å². The molecule has 0 radical (unpaired) electrons. The SMILES string of the molecule is CCC(O)CC(CC(C)OC(C)=O)OC(=O)CCCCC(=O)OC(CC(O)CC)CC(C)OC(C)=O. The number of carbonyl (C=O) groups is 4. The van der Waals surface area contributed by atoms with Crippen molar-refractivity contribution in [3.8, 4) is 0 Å². The van der Waals surface area contributed by atoms with Gasteiger partial charge in [0.1, 0.15) is 24.4 Å². The quantitative estimate of drug-likeness (QED) is 0.148. The molecule has 0 aliphatic heterocycles. The van der Waals surface area contributed by atoms with Crippen LogP contribution >= 0.6 is 0 Å². The number of hydrogen-bond donors (Lipinski definition) is 2. The van der Waals surface area contributed by atoms with Crippen molar-refractivity contribution in [1.82, 2.24) is 0 Å². The third-order valence-electron chi connectivity index (χ3n) is 5.54. The van der Waals surface area contributed by atoms with Gasteiger partial charge in [-0.25, -0.2) is 0 Å². The fourth-order valence-electron chi connectivity index (χ4n) is 3.76. The maximum atomic E-state index is 12.3. The minimum Gasteiger partial charge on any atom is -0.463 e. The monoisotopic (exact) mass is 518 g/mol. The lowest BCUT2D eigenvalue weighted by atomic mass is 10.0. The van der Waals surface area contributed by atoms with Crippen LogP contribution in [0.25, 0.3) is 0 Å². The van der Waals surface area contributed by atoms with Crippen molar-refractivity contribution >= 4 is 23.9 Å². The predicted octanol–water partition coefficient (Wildman–Crippen LogP) is 3.38. The van der Waals surface area contributed by atoms with Crippen molar-refractivity contribution in [2.75, 3.05) is 0 Å². The molecule has 6 unspecified atom stereocenters. The summed E-state index contributed by atoms with van der Waals surface area (Å²) in [5.41, 5.74) is 0. The number of unbranched alkanes of at least 4 members (excludes halogenated alkanes) is 1. The highest BCUT2D eigenvalue weighted by Gasteiger charge is 2.24. The highest BCUT2D eigenvalue weighted by Crippen LogP contribution is 2.18. The zero-order valence-corrected chi connectivity index (χ0v) is 22.7. The Morgan fingerprint density at radius 3 is 1.22 bits per heavy atom. The molecule has 10 heteroatoms.